The Bertz CT molecular complexity index is 211. The Hall–Kier alpha value is -0.240. The predicted octanol–water partition coefficient (Wildman–Crippen LogP) is 2.83. The van der Waals surface area contributed by atoms with Gasteiger partial charge < -0.3 is 5.32 Å². The van der Waals surface area contributed by atoms with Gasteiger partial charge in [0.15, 0.2) is 0 Å². The molecule has 1 unspecified atom stereocenters. The van der Waals surface area contributed by atoms with Crippen LogP contribution in [0.3, 0.4) is 0 Å². The second-order valence-electron chi connectivity index (χ2n) is 2.90. The van der Waals surface area contributed by atoms with Crippen LogP contribution in [-0.2, 0) is 6.54 Å². The van der Waals surface area contributed by atoms with Crippen LogP contribution >= 0.6 is 24.0 Å². The van der Waals surface area contributed by atoms with Gasteiger partial charge in [-0.1, -0.05) is 30.3 Å². The highest BCUT2D eigenvalue weighted by Crippen LogP contribution is 1.97. The average Bonchev–Trinajstić information content (AvgIpc) is 2.05. The molecule has 0 saturated carbocycles. The minimum atomic E-state index is 0. The molecule has 74 valence electrons. The number of hydrogen-bond donors (Lipinski definition) is 1. The maximum Gasteiger partial charge on any atom is 0.0432 e. The third-order valence-corrected chi connectivity index (χ3v) is 1.75. The highest BCUT2D eigenvalue weighted by atomic mass is 35.5. The number of hydrogen-bond acceptors (Lipinski definition) is 1. The Morgan fingerprint density at radius 1 is 1.31 bits per heavy atom. The van der Waals surface area contributed by atoms with Gasteiger partial charge in [-0.2, -0.15) is 0 Å². The fraction of sp³-hybridized carbons (Fsp3) is 0.400. The Balaban J connectivity index is 0.00000144. The summed E-state index contributed by atoms with van der Waals surface area (Å²) in [6.07, 6.45) is 0. The van der Waals surface area contributed by atoms with Gasteiger partial charge in [-0.3, -0.25) is 0 Å². The monoisotopic (exact) mass is 219 g/mol. The number of alkyl halides is 1. The molecule has 1 nitrogen and oxygen atoms in total. The van der Waals surface area contributed by atoms with E-state index >= 15 is 0 Å². The lowest BCUT2D eigenvalue weighted by Crippen LogP contribution is -2.20. The fourth-order valence-electron chi connectivity index (χ4n) is 1.01. The van der Waals surface area contributed by atoms with Crippen molar-refractivity contribution in [2.45, 2.75) is 18.8 Å². The summed E-state index contributed by atoms with van der Waals surface area (Å²) in [6.45, 7) is 3.74. The Labute approximate surface area is 90.9 Å². The van der Waals surface area contributed by atoms with Crippen LogP contribution in [0.4, 0.5) is 0 Å². The van der Waals surface area contributed by atoms with E-state index in [1.54, 1.807) is 0 Å². The average molecular weight is 220 g/mol. The molecule has 0 radical (unpaired) electrons. The first-order valence-corrected chi connectivity index (χ1v) is 4.61. The van der Waals surface area contributed by atoms with Crippen LogP contribution in [0, 0.1) is 0 Å². The molecule has 1 atom stereocenters. The zero-order chi connectivity index (χ0) is 8.81. The van der Waals surface area contributed by atoms with Crippen molar-refractivity contribution >= 4 is 24.0 Å². The molecule has 1 aromatic rings. The van der Waals surface area contributed by atoms with Gasteiger partial charge in [0.25, 0.3) is 0 Å². The van der Waals surface area contributed by atoms with E-state index in [0.29, 0.717) is 0 Å². The minimum Gasteiger partial charge on any atom is -0.311 e. The first-order valence-electron chi connectivity index (χ1n) is 4.18. The van der Waals surface area contributed by atoms with E-state index < -0.39 is 0 Å². The van der Waals surface area contributed by atoms with Gasteiger partial charge in [-0.05, 0) is 12.5 Å². The molecule has 0 aliphatic heterocycles. The van der Waals surface area contributed by atoms with Gasteiger partial charge in [0.1, 0.15) is 0 Å². The highest BCUT2D eigenvalue weighted by molar-refractivity contribution is 6.20. The molecule has 13 heavy (non-hydrogen) atoms. The minimum absolute atomic E-state index is 0. The summed E-state index contributed by atoms with van der Waals surface area (Å²) in [7, 11) is 0. The molecule has 0 aliphatic carbocycles. The van der Waals surface area contributed by atoms with E-state index in [1.165, 1.54) is 5.56 Å². The topological polar surface area (TPSA) is 12.0 Å². The molecule has 0 heterocycles. The van der Waals surface area contributed by atoms with Gasteiger partial charge in [-0.25, -0.2) is 0 Å². The molecule has 0 fully saturated rings. The van der Waals surface area contributed by atoms with Crippen molar-refractivity contribution in [3.05, 3.63) is 35.9 Å². The van der Waals surface area contributed by atoms with Crippen molar-refractivity contribution < 1.29 is 0 Å². The van der Waals surface area contributed by atoms with Gasteiger partial charge in [0.05, 0.1) is 0 Å². The molecule has 0 amide bonds. The van der Waals surface area contributed by atoms with Crippen molar-refractivity contribution in [2.24, 2.45) is 0 Å². The van der Waals surface area contributed by atoms with Gasteiger partial charge in [0.2, 0.25) is 0 Å². The number of halogens is 2. The van der Waals surface area contributed by atoms with Crippen molar-refractivity contribution in [2.75, 3.05) is 6.54 Å². The smallest absolute Gasteiger partial charge is 0.0432 e. The molecule has 3 heteroatoms. The molecule has 0 bridgehead atoms. The quantitative estimate of drug-likeness (QED) is 0.769. The maximum absolute atomic E-state index is 5.78. The maximum atomic E-state index is 5.78. The van der Waals surface area contributed by atoms with Gasteiger partial charge in [0, 0.05) is 18.5 Å². The molecule has 0 aromatic heterocycles. The summed E-state index contributed by atoms with van der Waals surface area (Å²) < 4.78 is 0. The van der Waals surface area contributed by atoms with Crippen LogP contribution in [-0.4, -0.2) is 11.9 Å². The van der Waals surface area contributed by atoms with Gasteiger partial charge in [-0.15, -0.1) is 24.0 Å². The normalized spacial score (nSPS) is 11.8. The second-order valence-corrected chi connectivity index (χ2v) is 3.64. The summed E-state index contributed by atoms with van der Waals surface area (Å²) in [5.74, 6) is 0. The standard InChI is InChI=1S/C10H14ClN.ClH/c1-9(11)7-12-8-10-5-3-2-4-6-10;/h2-6,9,12H,7-8H2,1H3;1H. The predicted molar refractivity (Wildman–Crippen MR) is 60.7 cm³/mol. The number of rotatable bonds is 4. The lowest BCUT2D eigenvalue weighted by molar-refractivity contribution is 0.680. The molecule has 1 rings (SSSR count). The molecular formula is C10H15Cl2N. The number of benzene rings is 1. The van der Waals surface area contributed by atoms with E-state index in [9.17, 15) is 0 Å². The molecular weight excluding hydrogens is 205 g/mol. The van der Waals surface area contributed by atoms with Crippen molar-refractivity contribution in [1.82, 2.24) is 5.32 Å². The van der Waals surface area contributed by atoms with Crippen molar-refractivity contribution in [3.63, 3.8) is 0 Å². The third-order valence-electron chi connectivity index (χ3n) is 1.60. The van der Waals surface area contributed by atoms with E-state index in [2.05, 4.69) is 17.4 Å². The van der Waals surface area contributed by atoms with E-state index in [1.807, 2.05) is 25.1 Å². The lowest BCUT2D eigenvalue weighted by Gasteiger charge is -2.05. The zero-order valence-corrected chi connectivity index (χ0v) is 9.24. The Morgan fingerprint density at radius 3 is 2.46 bits per heavy atom. The number of nitrogens with one attached hydrogen (secondary N) is 1. The zero-order valence-electron chi connectivity index (χ0n) is 7.66. The Kier molecular flexibility index (Phi) is 7.06. The SMILES string of the molecule is CC(Cl)CNCc1ccccc1.Cl. The van der Waals surface area contributed by atoms with Crippen LogP contribution in [0.2, 0.25) is 0 Å². The molecule has 0 spiro atoms. The van der Waals surface area contributed by atoms with Crippen LogP contribution in [0.25, 0.3) is 0 Å². The molecule has 1 N–H and O–H groups in total. The van der Waals surface area contributed by atoms with E-state index in [0.717, 1.165) is 13.1 Å². The molecule has 1 aromatic carbocycles. The fourth-order valence-corrected chi connectivity index (χ4v) is 1.12. The summed E-state index contributed by atoms with van der Waals surface area (Å²) in [5.41, 5.74) is 1.30. The molecule has 0 aliphatic rings. The highest BCUT2D eigenvalue weighted by Gasteiger charge is 1.94. The first-order chi connectivity index (χ1) is 5.79. The summed E-state index contributed by atoms with van der Waals surface area (Å²) in [5, 5.41) is 3.47. The van der Waals surface area contributed by atoms with Crippen LogP contribution in [0.5, 0.6) is 0 Å². The largest absolute Gasteiger partial charge is 0.311 e. The van der Waals surface area contributed by atoms with Crippen molar-refractivity contribution in [1.29, 1.82) is 0 Å². The van der Waals surface area contributed by atoms with Gasteiger partial charge >= 0.3 is 0 Å². The summed E-state index contributed by atoms with van der Waals surface area (Å²) in [4.78, 5) is 0. The summed E-state index contributed by atoms with van der Waals surface area (Å²) >= 11 is 5.78. The van der Waals surface area contributed by atoms with E-state index in [4.69, 9.17) is 11.6 Å². The van der Waals surface area contributed by atoms with Crippen molar-refractivity contribution in [3.8, 4) is 0 Å². The van der Waals surface area contributed by atoms with E-state index in [-0.39, 0.29) is 17.8 Å². The van der Waals surface area contributed by atoms with Crippen LogP contribution < -0.4 is 5.32 Å². The summed E-state index contributed by atoms with van der Waals surface area (Å²) in [6, 6.07) is 10.3. The first kappa shape index (κ1) is 12.8. The third kappa shape index (κ3) is 5.92. The Morgan fingerprint density at radius 2 is 1.92 bits per heavy atom. The molecule has 0 saturated heterocycles. The van der Waals surface area contributed by atoms with Crippen LogP contribution in [0.1, 0.15) is 12.5 Å². The van der Waals surface area contributed by atoms with Crippen LogP contribution in [0.15, 0.2) is 30.3 Å². The second kappa shape index (κ2) is 7.19. The lowest BCUT2D eigenvalue weighted by atomic mass is 10.2.